The van der Waals surface area contributed by atoms with Crippen LogP contribution in [-0.2, 0) is 6.18 Å². The molecule has 1 atom stereocenters. The molecule has 0 aliphatic carbocycles. The minimum atomic E-state index is -4.44. The highest BCUT2D eigenvalue weighted by Crippen LogP contribution is 2.40. The van der Waals surface area contributed by atoms with Crippen LogP contribution in [0.25, 0.3) is 11.3 Å². The van der Waals surface area contributed by atoms with Crippen LogP contribution in [0.15, 0.2) is 29.8 Å². The molecule has 0 spiro atoms. The van der Waals surface area contributed by atoms with Crippen molar-refractivity contribution in [2.75, 3.05) is 47.4 Å². The SMILES string of the molecule is CCN(CC)c1nc(-c2ccc(F)c(Cl)c2)cc(N2CCN(c3ncsc3C(F)(F)F)CC2C)n1. The summed E-state index contributed by atoms with van der Waals surface area (Å²) in [4.78, 5) is 18.5. The second-order valence-electron chi connectivity index (χ2n) is 8.20. The molecule has 188 valence electrons. The van der Waals surface area contributed by atoms with E-state index in [1.54, 1.807) is 11.0 Å². The van der Waals surface area contributed by atoms with Crippen molar-refractivity contribution in [3.8, 4) is 11.3 Å². The number of benzene rings is 1. The Bertz CT molecular complexity index is 1180. The number of halogens is 5. The first-order valence-electron chi connectivity index (χ1n) is 11.2. The molecule has 4 rings (SSSR count). The van der Waals surface area contributed by atoms with Crippen LogP contribution in [0.4, 0.5) is 35.1 Å². The molecule has 0 N–H and O–H groups in total. The highest BCUT2D eigenvalue weighted by atomic mass is 35.5. The van der Waals surface area contributed by atoms with Crippen molar-refractivity contribution in [2.24, 2.45) is 0 Å². The number of alkyl halides is 3. The van der Waals surface area contributed by atoms with E-state index < -0.39 is 16.9 Å². The first-order valence-corrected chi connectivity index (χ1v) is 12.5. The van der Waals surface area contributed by atoms with Crippen LogP contribution < -0.4 is 14.7 Å². The molecular formula is C23H25ClF4N6S. The molecule has 0 saturated carbocycles. The van der Waals surface area contributed by atoms with Crippen molar-refractivity contribution in [2.45, 2.75) is 33.0 Å². The van der Waals surface area contributed by atoms with Gasteiger partial charge < -0.3 is 14.7 Å². The van der Waals surface area contributed by atoms with Gasteiger partial charge in [-0.3, -0.25) is 0 Å². The van der Waals surface area contributed by atoms with Crippen molar-refractivity contribution in [1.29, 1.82) is 0 Å². The lowest BCUT2D eigenvalue weighted by Gasteiger charge is -2.41. The smallest absolute Gasteiger partial charge is 0.352 e. The highest BCUT2D eigenvalue weighted by Gasteiger charge is 2.39. The molecule has 35 heavy (non-hydrogen) atoms. The van der Waals surface area contributed by atoms with E-state index in [-0.39, 0.29) is 16.9 Å². The number of hydrogen-bond acceptors (Lipinski definition) is 7. The highest BCUT2D eigenvalue weighted by molar-refractivity contribution is 7.10. The molecule has 3 heterocycles. The van der Waals surface area contributed by atoms with Crippen molar-refractivity contribution in [3.05, 3.63) is 45.5 Å². The minimum Gasteiger partial charge on any atom is -0.352 e. The van der Waals surface area contributed by atoms with E-state index in [0.717, 1.165) is 0 Å². The van der Waals surface area contributed by atoms with E-state index in [2.05, 4.69) is 9.88 Å². The van der Waals surface area contributed by atoms with Gasteiger partial charge in [-0.25, -0.2) is 14.4 Å². The van der Waals surface area contributed by atoms with Crippen molar-refractivity contribution in [1.82, 2.24) is 15.0 Å². The number of nitrogens with zero attached hydrogens (tertiary/aromatic N) is 6. The Kier molecular flexibility index (Phi) is 7.37. The lowest BCUT2D eigenvalue weighted by Crippen LogP contribution is -2.53. The molecule has 3 aromatic rings. The second-order valence-corrected chi connectivity index (χ2v) is 9.47. The molecule has 6 nitrogen and oxygen atoms in total. The molecule has 1 fully saturated rings. The third-order valence-corrected chi connectivity index (χ3v) is 7.14. The normalized spacial score (nSPS) is 16.6. The van der Waals surface area contributed by atoms with Gasteiger partial charge in [0.2, 0.25) is 5.95 Å². The number of rotatable bonds is 6. The fourth-order valence-electron chi connectivity index (χ4n) is 4.17. The van der Waals surface area contributed by atoms with Crippen LogP contribution in [0.1, 0.15) is 25.6 Å². The first kappa shape index (κ1) is 25.4. The summed E-state index contributed by atoms with van der Waals surface area (Å²) < 4.78 is 53.9. The second kappa shape index (κ2) is 10.1. The molecule has 12 heteroatoms. The monoisotopic (exact) mass is 528 g/mol. The van der Waals surface area contributed by atoms with Gasteiger partial charge in [-0.05, 0) is 39.0 Å². The average Bonchev–Trinajstić information content (AvgIpc) is 3.32. The zero-order valence-corrected chi connectivity index (χ0v) is 21.1. The molecular weight excluding hydrogens is 504 g/mol. The van der Waals surface area contributed by atoms with E-state index in [4.69, 9.17) is 21.6 Å². The summed E-state index contributed by atoms with van der Waals surface area (Å²) in [5, 5.41) is -0.00207. The Morgan fingerprint density at radius 2 is 1.89 bits per heavy atom. The van der Waals surface area contributed by atoms with E-state index >= 15 is 0 Å². The van der Waals surface area contributed by atoms with Crippen molar-refractivity contribution < 1.29 is 17.6 Å². The van der Waals surface area contributed by atoms with Gasteiger partial charge in [0.05, 0.1) is 16.2 Å². The lowest BCUT2D eigenvalue weighted by molar-refractivity contribution is -0.134. The minimum absolute atomic E-state index is 0.00207. The average molecular weight is 529 g/mol. The Balaban J connectivity index is 1.67. The molecule has 0 amide bonds. The Morgan fingerprint density at radius 1 is 1.14 bits per heavy atom. The third kappa shape index (κ3) is 5.30. The maximum Gasteiger partial charge on any atom is 0.429 e. The van der Waals surface area contributed by atoms with E-state index in [0.29, 0.717) is 67.1 Å². The van der Waals surface area contributed by atoms with Crippen LogP contribution >= 0.6 is 22.9 Å². The predicted molar refractivity (Wildman–Crippen MR) is 132 cm³/mol. The van der Waals surface area contributed by atoms with Crippen molar-refractivity contribution >= 4 is 40.5 Å². The van der Waals surface area contributed by atoms with Crippen LogP contribution in [0.3, 0.4) is 0 Å². The van der Waals surface area contributed by atoms with Crippen LogP contribution in [0.5, 0.6) is 0 Å². The summed E-state index contributed by atoms with van der Waals surface area (Å²) in [7, 11) is 0. The molecule has 2 aromatic heterocycles. The van der Waals surface area contributed by atoms with E-state index in [1.807, 2.05) is 31.7 Å². The van der Waals surface area contributed by atoms with Crippen LogP contribution in [0, 0.1) is 5.82 Å². The fourth-order valence-corrected chi connectivity index (χ4v) is 5.03. The Morgan fingerprint density at radius 3 is 2.51 bits per heavy atom. The number of aromatic nitrogens is 3. The summed E-state index contributed by atoms with van der Waals surface area (Å²) >= 11 is 6.62. The molecule has 1 unspecified atom stereocenters. The Hall–Kier alpha value is -2.66. The van der Waals surface area contributed by atoms with E-state index in [9.17, 15) is 17.6 Å². The van der Waals surface area contributed by atoms with Gasteiger partial charge in [0, 0.05) is 50.4 Å². The quantitative estimate of drug-likeness (QED) is 0.367. The fraction of sp³-hybridized carbons (Fsp3) is 0.435. The summed E-state index contributed by atoms with van der Waals surface area (Å²) in [5.74, 6) is 0.635. The largest absolute Gasteiger partial charge is 0.429 e. The number of thiazole rings is 1. The zero-order valence-electron chi connectivity index (χ0n) is 19.5. The molecule has 1 aliphatic rings. The maximum atomic E-state index is 13.7. The number of anilines is 3. The standard InChI is InChI=1S/C23H25ClF4N6S/c1-4-32(5-2)22-30-18(15-6-7-17(25)16(24)10-15)11-19(31-22)34-9-8-33(12-14(34)3)21-20(23(26,27)28)35-13-29-21/h6-7,10-11,13-14H,4-5,8-9,12H2,1-3H3. The summed E-state index contributed by atoms with van der Waals surface area (Å²) in [6.45, 7) is 8.50. The van der Waals surface area contributed by atoms with E-state index in [1.165, 1.54) is 17.6 Å². The topological polar surface area (TPSA) is 48.4 Å². The Labute approximate surface area is 210 Å². The lowest BCUT2D eigenvalue weighted by atomic mass is 10.1. The van der Waals surface area contributed by atoms with Gasteiger partial charge in [0.25, 0.3) is 0 Å². The number of piperazine rings is 1. The third-order valence-electron chi connectivity index (χ3n) is 5.99. The summed E-state index contributed by atoms with van der Waals surface area (Å²) in [5.41, 5.74) is 2.47. The molecule has 1 aromatic carbocycles. The van der Waals surface area contributed by atoms with Crippen LogP contribution in [0.2, 0.25) is 5.02 Å². The molecule has 0 bridgehead atoms. The molecule has 0 radical (unpaired) electrons. The van der Waals surface area contributed by atoms with Gasteiger partial charge in [-0.2, -0.15) is 18.2 Å². The summed E-state index contributed by atoms with van der Waals surface area (Å²) in [6.07, 6.45) is -4.44. The predicted octanol–water partition coefficient (Wildman–Crippen LogP) is 5.97. The zero-order chi connectivity index (χ0) is 25.3. The van der Waals surface area contributed by atoms with Gasteiger partial charge in [0.1, 0.15) is 11.6 Å². The van der Waals surface area contributed by atoms with Gasteiger partial charge >= 0.3 is 6.18 Å². The van der Waals surface area contributed by atoms with Crippen molar-refractivity contribution in [3.63, 3.8) is 0 Å². The van der Waals surface area contributed by atoms with Gasteiger partial charge in [0.15, 0.2) is 10.7 Å². The van der Waals surface area contributed by atoms with Crippen LogP contribution in [-0.4, -0.2) is 53.7 Å². The molecule has 1 saturated heterocycles. The number of hydrogen-bond donors (Lipinski definition) is 0. The molecule has 1 aliphatic heterocycles. The first-order chi connectivity index (χ1) is 16.6. The summed E-state index contributed by atoms with van der Waals surface area (Å²) in [6, 6.07) is 6.10. The maximum absolute atomic E-state index is 13.7. The van der Waals surface area contributed by atoms with Gasteiger partial charge in [-0.1, -0.05) is 11.6 Å². The van der Waals surface area contributed by atoms with Gasteiger partial charge in [-0.15, -0.1) is 11.3 Å².